The minimum absolute atomic E-state index is 0.133. The smallest absolute Gasteiger partial charge is 0.189 e. The molecule has 4 nitrogen and oxygen atoms in total. The molecule has 1 saturated carbocycles. The fraction of sp³-hybridized carbons (Fsp3) is 1.00. The summed E-state index contributed by atoms with van der Waals surface area (Å²) in [6.07, 6.45) is 4.95. The van der Waals surface area contributed by atoms with Gasteiger partial charge < -0.3 is 10.4 Å². The van der Waals surface area contributed by atoms with Crippen molar-refractivity contribution in [2.75, 3.05) is 0 Å². The molecule has 0 amide bonds. The van der Waals surface area contributed by atoms with E-state index in [1.807, 2.05) is 0 Å². The monoisotopic (exact) mass is 143 g/mol. The van der Waals surface area contributed by atoms with Crippen molar-refractivity contribution in [1.29, 1.82) is 0 Å². The molecule has 58 valence electrons. The quantitative estimate of drug-likeness (QED) is 0.319. The average Bonchev–Trinajstić information content (AvgIpc) is 2.05. The van der Waals surface area contributed by atoms with Crippen molar-refractivity contribution in [3.05, 3.63) is 10.4 Å². The van der Waals surface area contributed by atoms with Crippen molar-refractivity contribution in [3.63, 3.8) is 0 Å². The van der Waals surface area contributed by atoms with E-state index in [1.54, 1.807) is 0 Å². The van der Waals surface area contributed by atoms with Crippen LogP contribution >= 0.6 is 0 Å². The molecular weight excluding hydrogens is 132 g/mol. The van der Waals surface area contributed by atoms with Crippen LogP contribution in [-0.2, 0) is 0 Å². The van der Waals surface area contributed by atoms with Gasteiger partial charge in [-0.15, -0.1) is 0 Å². The van der Waals surface area contributed by atoms with E-state index < -0.39 is 0 Å². The predicted octanol–water partition coefficient (Wildman–Crippen LogP) is 1.78. The largest absolute Gasteiger partial charge is 0.739 e. The van der Waals surface area contributed by atoms with E-state index in [2.05, 4.69) is 5.28 Å². The van der Waals surface area contributed by atoms with Crippen LogP contribution in [0.4, 0.5) is 0 Å². The van der Waals surface area contributed by atoms with Gasteiger partial charge in [0.2, 0.25) is 0 Å². The molecule has 0 aliphatic heterocycles. The SMILES string of the molecule is [O-]/N=[N+](\[O-])C1CCCCC1. The van der Waals surface area contributed by atoms with Gasteiger partial charge in [0.15, 0.2) is 6.04 Å². The summed E-state index contributed by atoms with van der Waals surface area (Å²) in [7, 11) is 0. The molecule has 0 aromatic carbocycles. The van der Waals surface area contributed by atoms with Crippen LogP contribution in [0.15, 0.2) is 5.28 Å². The van der Waals surface area contributed by atoms with Crippen molar-refractivity contribution in [3.8, 4) is 0 Å². The van der Waals surface area contributed by atoms with Gasteiger partial charge in [0.05, 0.1) is 0 Å². The Balaban J connectivity index is 2.39. The van der Waals surface area contributed by atoms with E-state index >= 15 is 0 Å². The third-order valence-corrected chi connectivity index (χ3v) is 1.97. The van der Waals surface area contributed by atoms with E-state index in [4.69, 9.17) is 0 Å². The van der Waals surface area contributed by atoms with Crippen molar-refractivity contribution >= 4 is 0 Å². The Morgan fingerprint density at radius 1 is 1.20 bits per heavy atom. The van der Waals surface area contributed by atoms with E-state index in [0.29, 0.717) is 4.86 Å². The lowest BCUT2D eigenvalue weighted by molar-refractivity contribution is -0.568. The molecule has 0 radical (unpaired) electrons. The van der Waals surface area contributed by atoms with Crippen LogP contribution in [0.1, 0.15) is 32.1 Å². The highest BCUT2D eigenvalue weighted by atomic mass is 16.6. The van der Waals surface area contributed by atoms with Crippen molar-refractivity contribution < 1.29 is 4.86 Å². The number of hydrogen-bond acceptors (Lipinski definition) is 3. The Morgan fingerprint density at radius 3 is 2.30 bits per heavy atom. The van der Waals surface area contributed by atoms with Gasteiger partial charge in [0.25, 0.3) is 0 Å². The lowest BCUT2D eigenvalue weighted by Crippen LogP contribution is -2.22. The maximum absolute atomic E-state index is 10.6. The molecule has 0 aromatic rings. The molecule has 0 heterocycles. The minimum Gasteiger partial charge on any atom is -0.739 e. The molecule has 0 saturated heterocycles. The molecule has 1 aliphatic carbocycles. The van der Waals surface area contributed by atoms with Gasteiger partial charge in [0, 0.05) is 12.8 Å². The Hall–Kier alpha value is -0.800. The topological polar surface area (TPSA) is 61.5 Å². The zero-order valence-corrected chi connectivity index (χ0v) is 5.82. The second-order valence-corrected chi connectivity index (χ2v) is 2.68. The molecular formula is C6H11N2O2-. The van der Waals surface area contributed by atoms with Crippen LogP contribution < -0.4 is 0 Å². The summed E-state index contributed by atoms with van der Waals surface area (Å²) in [5, 5.41) is 22.7. The highest BCUT2D eigenvalue weighted by Crippen LogP contribution is 2.19. The summed E-state index contributed by atoms with van der Waals surface area (Å²) in [4.78, 5) is 0.305. The first-order valence-corrected chi connectivity index (χ1v) is 3.64. The predicted molar refractivity (Wildman–Crippen MR) is 36.3 cm³/mol. The van der Waals surface area contributed by atoms with Gasteiger partial charge in [-0.25, -0.2) is 0 Å². The van der Waals surface area contributed by atoms with Crippen LogP contribution in [0.3, 0.4) is 0 Å². The first kappa shape index (κ1) is 7.31. The molecule has 0 unspecified atom stereocenters. The van der Waals surface area contributed by atoms with E-state index in [-0.39, 0.29) is 6.04 Å². The molecule has 0 N–H and O–H groups in total. The Bertz CT molecular complexity index is 130. The molecule has 1 rings (SSSR count). The number of hydrogen-bond donors (Lipinski definition) is 0. The van der Waals surface area contributed by atoms with Crippen molar-refractivity contribution in [1.82, 2.24) is 0 Å². The summed E-state index contributed by atoms with van der Waals surface area (Å²) in [6.45, 7) is 0. The third kappa shape index (κ3) is 1.59. The summed E-state index contributed by atoms with van der Waals surface area (Å²) < 4.78 is 0. The fourth-order valence-electron chi connectivity index (χ4n) is 1.37. The van der Waals surface area contributed by atoms with Gasteiger partial charge in [-0.1, -0.05) is 11.3 Å². The summed E-state index contributed by atoms with van der Waals surface area (Å²) in [5.74, 6) is 0. The second kappa shape index (κ2) is 3.39. The lowest BCUT2D eigenvalue weighted by atomic mass is 9.96. The Kier molecular flexibility index (Phi) is 2.48. The second-order valence-electron chi connectivity index (χ2n) is 2.68. The third-order valence-electron chi connectivity index (χ3n) is 1.97. The Labute approximate surface area is 59.7 Å². The van der Waals surface area contributed by atoms with Crippen LogP contribution in [0.5, 0.6) is 0 Å². The first-order chi connectivity index (χ1) is 4.84. The minimum atomic E-state index is -0.133. The summed E-state index contributed by atoms with van der Waals surface area (Å²) >= 11 is 0. The van der Waals surface area contributed by atoms with E-state index in [1.165, 1.54) is 6.42 Å². The molecule has 0 bridgehead atoms. The van der Waals surface area contributed by atoms with Crippen LogP contribution in [0.25, 0.3) is 0 Å². The van der Waals surface area contributed by atoms with Crippen LogP contribution in [-0.4, -0.2) is 10.9 Å². The standard InChI is InChI=1S/C6H12N2O2/c9-7-8(10)6-4-2-1-3-5-6/h6,9H,1-5H2/p-1/b8-7-. The molecule has 1 fully saturated rings. The summed E-state index contributed by atoms with van der Waals surface area (Å²) in [6, 6.07) is -0.133. The first-order valence-electron chi connectivity index (χ1n) is 3.64. The summed E-state index contributed by atoms with van der Waals surface area (Å²) in [5.41, 5.74) is 0. The zero-order valence-electron chi connectivity index (χ0n) is 5.82. The van der Waals surface area contributed by atoms with Gasteiger partial charge in [-0.3, -0.25) is 0 Å². The highest BCUT2D eigenvalue weighted by molar-refractivity contribution is 4.63. The number of rotatable bonds is 1. The molecule has 0 spiro atoms. The van der Waals surface area contributed by atoms with Crippen LogP contribution in [0, 0.1) is 10.4 Å². The average molecular weight is 143 g/mol. The Morgan fingerprint density at radius 2 is 1.80 bits per heavy atom. The van der Waals surface area contributed by atoms with Crippen LogP contribution in [0.2, 0.25) is 0 Å². The lowest BCUT2D eigenvalue weighted by Gasteiger charge is -2.18. The van der Waals surface area contributed by atoms with Gasteiger partial charge in [-0.05, 0) is 18.1 Å². The number of hydroxylamine groups is 1. The molecule has 0 atom stereocenters. The van der Waals surface area contributed by atoms with E-state index in [0.717, 1.165) is 25.7 Å². The maximum Gasteiger partial charge on any atom is 0.189 e. The highest BCUT2D eigenvalue weighted by Gasteiger charge is 2.19. The van der Waals surface area contributed by atoms with Gasteiger partial charge >= 0.3 is 0 Å². The maximum atomic E-state index is 10.6. The fourth-order valence-corrected chi connectivity index (χ4v) is 1.37. The molecule has 10 heavy (non-hydrogen) atoms. The van der Waals surface area contributed by atoms with Crippen molar-refractivity contribution in [2.24, 2.45) is 5.28 Å². The molecule has 0 aromatic heterocycles. The molecule has 4 heteroatoms. The number of nitrogens with zero attached hydrogens (tertiary/aromatic N) is 2. The zero-order chi connectivity index (χ0) is 7.40. The van der Waals surface area contributed by atoms with E-state index in [9.17, 15) is 10.4 Å². The van der Waals surface area contributed by atoms with Gasteiger partial charge in [0.1, 0.15) is 0 Å². The normalized spacial score (nSPS) is 23.0. The van der Waals surface area contributed by atoms with Crippen molar-refractivity contribution in [2.45, 2.75) is 38.1 Å². The van der Waals surface area contributed by atoms with Gasteiger partial charge in [-0.2, -0.15) is 0 Å². The molecule has 1 aliphatic rings.